The largest absolute Gasteiger partial charge is 0.390 e. The molecule has 4 aliphatic carbocycles. The van der Waals surface area contributed by atoms with Gasteiger partial charge in [0.15, 0.2) is 22.8 Å². The number of allylic oxidation sites excluding steroid dienone is 4. The van der Waals surface area contributed by atoms with Crippen molar-refractivity contribution in [1.82, 2.24) is 5.06 Å². The van der Waals surface area contributed by atoms with Gasteiger partial charge < -0.3 is 10.2 Å². The summed E-state index contributed by atoms with van der Waals surface area (Å²) in [5, 5.41) is 24.0. The van der Waals surface area contributed by atoms with Gasteiger partial charge in [-0.1, -0.05) is 48.3 Å². The van der Waals surface area contributed by atoms with Crippen molar-refractivity contribution < 1.29 is 33.4 Å². The van der Waals surface area contributed by atoms with Crippen LogP contribution < -0.4 is 0 Å². The average Bonchev–Trinajstić information content (AvgIpc) is 3.37. The Labute approximate surface area is 235 Å². The Morgan fingerprint density at radius 2 is 2.00 bits per heavy atom. The SMILES string of the molecule is C[C@]12C=CC(=O)CC1=C(F)C[C@H]1[C@@H]3C[C@H]4CN(Cc5cccc(Cl)c5Cl)O[C@@]4(C(=O)CO)[C@@]3(C)C[C@H](O)[C@@]12F. The van der Waals surface area contributed by atoms with Gasteiger partial charge >= 0.3 is 0 Å². The van der Waals surface area contributed by atoms with E-state index in [4.69, 9.17) is 28.0 Å². The van der Waals surface area contributed by atoms with Crippen molar-refractivity contribution in [1.29, 1.82) is 0 Å². The standard InChI is InChI=1S/C29H31Cl2F2NO5/c1-26-7-6-17(36)9-20(26)22(32)10-19-18-8-16-13-34(12-15-4-3-5-21(30)25(15)31)39-29(16,24(38)14-35)27(18,2)11-23(37)28(19,26)33/h3-7,16,18-19,23,35,37H,8-14H2,1-2H3/t16-,18-,19-,23-,26-,27-,28-,29-/m0/s1. The molecule has 10 heteroatoms. The summed E-state index contributed by atoms with van der Waals surface area (Å²) in [7, 11) is 0. The number of carbonyl (C=O) groups excluding carboxylic acids is 2. The molecule has 1 heterocycles. The monoisotopic (exact) mass is 581 g/mol. The van der Waals surface area contributed by atoms with Crippen LogP contribution in [0.25, 0.3) is 0 Å². The van der Waals surface area contributed by atoms with Crippen LogP contribution in [0.3, 0.4) is 0 Å². The summed E-state index contributed by atoms with van der Waals surface area (Å²) in [6.07, 6.45) is 0.879. The lowest BCUT2D eigenvalue weighted by molar-refractivity contribution is -0.267. The van der Waals surface area contributed by atoms with Crippen LogP contribution in [0, 0.1) is 28.6 Å². The Hall–Kier alpha value is -1.68. The third kappa shape index (κ3) is 3.39. The molecular formula is C29H31Cl2F2NO5. The van der Waals surface area contributed by atoms with E-state index >= 15 is 8.78 Å². The van der Waals surface area contributed by atoms with E-state index in [9.17, 15) is 19.8 Å². The predicted molar refractivity (Wildman–Crippen MR) is 140 cm³/mol. The van der Waals surface area contributed by atoms with Gasteiger partial charge in [-0.25, -0.2) is 8.78 Å². The first-order valence-corrected chi connectivity index (χ1v) is 14.1. The molecule has 2 N–H and O–H groups in total. The van der Waals surface area contributed by atoms with Crippen molar-refractivity contribution in [2.24, 2.45) is 28.6 Å². The van der Waals surface area contributed by atoms with Crippen LogP contribution in [0.15, 0.2) is 41.8 Å². The van der Waals surface area contributed by atoms with Gasteiger partial charge in [0, 0.05) is 42.1 Å². The smallest absolute Gasteiger partial charge is 0.192 e. The highest BCUT2D eigenvalue weighted by Crippen LogP contribution is 2.72. The number of hydroxylamine groups is 2. The molecule has 0 radical (unpaired) electrons. The Bertz CT molecular complexity index is 1340. The zero-order chi connectivity index (χ0) is 28.1. The topological polar surface area (TPSA) is 87.1 Å². The maximum absolute atomic E-state index is 17.4. The number of rotatable bonds is 4. The van der Waals surface area contributed by atoms with Gasteiger partial charge in [-0.05, 0) is 49.0 Å². The number of aliphatic hydroxyl groups excluding tert-OH is 2. The summed E-state index contributed by atoms with van der Waals surface area (Å²) in [6.45, 7) is 3.10. The molecule has 3 fully saturated rings. The van der Waals surface area contributed by atoms with Gasteiger partial charge in [0.2, 0.25) is 0 Å². The molecule has 1 saturated heterocycles. The minimum atomic E-state index is -2.24. The summed E-state index contributed by atoms with van der Waals surface area (Å²) in [5.74, 6) is -3.26. The fourth-order valence-electron chi connectivity index (χ4n) is 8.87. The molecule has 0 spiro atoms. The zero-order valence-electron chi connectivity index (χ0n) is 21.7. The van der Waals surface area contributed by atoms with E-state index in [0.29, 0.717) is 28.6 Å². The van der Waals surface area contributed by atoms with E-state index in [2.05, 4.69) is 0 Å². The highest BCUT2D eigenvalue weighted by molar-refractivity contribution is 6.42. The fraction of sp³-hybridized carbons (Fsp3) is 0.586. The van der Waals surface area contributed by atoms with Crippen molar-refractivity contribution in [3.63, 3.8) is 0 Å². The molecule has 39 heavy (non-hydrogen) atoms. The second kappa shape index (κ2) is 8.91. The van der Waals surface area contributed by atoms with E-state index in [1.807, 2.05) is 0 Å². The second-order valence-corrected chi connectivity index (χ2v) is 13.0. The summed E-state index contributed by atoms with van der Waals surface area (Å²) >= 11 is 12.6. The number of aliphatic hydroxyl groups is 2. The molecule has 1 aromatic rings. The van der Waals surface area contributed by atoms with Gasteiger partial charge in [0.1, 0.15) is 12.4 Å². The first kappa shape index (κ1) is 27.5. The third-order valence-corrected chi connectivity index (χ3v) is 11.5. The molecule has 1 aliphatic heterocycles. The zero-order valence-corrected chi connectivity index (χ0v) is 23.2. The number of Topliss-reactive ketones (excluding diaryl/α,β-unsaturated/α-hetero) is 1. The lowest BCUT2D eigenvalue weighted by Crippen LogP contribution is -2.69. The Morgan fingerprint density at radius 3 is 2.72 bits per heavy atom. The van der Waals surface area contributed by atoms with Crippen LogP contribution in [0.1, 0.15) is 45.1 Å². The van der Waals surface area contributed by atoms with E-state index in [-0.39, 0.29) is 37.2 Å². The number of hydrogen-bond donors (Lipinski definition) is 2. The summed E-state index contributed by atoms with van der Waals surface area (Å²) in [5.41, 5.74) is -5.56. The van der Waals surface area contributed by atoms with E-state index < -0.39 is 64.2 Å². The number of benzene rings is 1. The molecule has 0 unspecified atom stereocenters. The highest BCUT2D eigenvalue weighted by Gasteiger charge is 2.79. The highest BCUT2D eigenvalue weighted by atomic mass is 35.5. The van der Waals surface area contributed by atoms with Gasteiger partial charge in [-0.3, -0.25) is 14.4 Å². The molecule has 0 aromatic heterocycles. The molecule has 5 aliphatic rings. The number of carbonyl (C=O) groups is 2. The lowest BCUT2D eigenvalue weighted by atomic mass is 9.45. The minimum absolute atomic E-state index is 0.0940. The quantitative estimate of drug-likeness (QED) is 0.524. The summed E-state index contributed by atoms with van der Waals surface area (Å²) in [4.78, 5) is 32.1. The van der Waals surface area contributed by atoms with Crippen molar-refractivity contribution in [2.75, 3.05) is 13.2 Å². The maximum atomic E-state index is 17.4. The first-order valence-electron chi connectivity index (χ1n) is 13.3. The van der Waals surface area contributed by atoms with Crippen molar-refractivity contribution in [2.45, 2.75) is 63.4 Å². The number of nitrogens with zero attached hydrogens (tertiary/aromatic N) is 1. The maximum Gasteiger partial charge on any atom is 0.192 e. The average molecular weight is 582 g/mol. The molecule has 210 valence electrons. The Kier molecular flexibility index (Phi) is 6.28. The Balaban J connectivity index is 1.41. The number of alkyl halides is 1. The van der Waals surface area contributed by atoms with Gasteiger partial charge in [0.25, 0.3) is 0 Å². The van der Waals surface area contributed by atoms with Gasteiger partial charge in [-0.15, -0.1) is 0 Å². The number of fused-ring (bicyclic) bond motifs is 7. The molecule has 6 rings (SSSR count). The van der Waals surface area contributed by atoms with Crippen LogP contribution >= 0.6 is 23.2 Å². The molecule has 6 nitrogen and oxygen atoms in total. The third-order valence-electron chi connectivity index (χ3n) is 10.6. The van der Waals surface area contributed by atoms with Gasteiger partial charge in [0.05, 0.1) is 22.7 Å². The first-order chi connectivity index (χ1) is 18.3. The van der Waals surface area contributed by atoms with Crippen LogP contribution in [0.5, 0.6) is 0 Å². The number of hydrogen-bond acceptors (Lipinski definition) is 6. The Morgan fingerprint density at radius 1 is 1.26 bits per heavy atom. The fourth-order valence-corrected chi connectivity index (χ4v) is 9.25. The molecule has 0 bridgehead atoms. The number of halogens is 4. The van der Waals surface area contributed by atoms with E-state index in [1.54, 1.807) is 37.1 Å². The van der Waals surface area contributed by atoms with Crippen LogP contribution in [0.4, 0.5) is 8.78 Å². The van der Waals surface area contributed by atoms with Crippen molar-refractivity contribution in [3.05, 3.63) is 57.4 Å². The molecule has 8 atom stereocenters. The predicted octanol–water partition coefficient (Wildman–Crippen LogP) is 4.93. The normalized spacial score (nSPS) is 43.2. The van der Waals surface area contributed by atoms with E-state index in [1.165, 1.54) is 12.2 Å². The number of ketones is 2. The van der Waals surface area contributed by atoms with Gasteiger partial charge in [-0.2, -0.15) is 5.06 Å². The second-order valence-electron chi connectivity index (χ2n) is 12.3. The minimum Gasteiger partial charge on any atom is -0.390 e. The summed E-state index contributed by atoms with van der Waals surface area (Å²) < 4.78 is 33.1. The molecule has 0 amide bonds. The summed E-state index contributed by atoms with van der Waals surface area (Å²) in [6, 6.07) is 5.23. The van der Waals surface area contributed by atoms with Crippen molar-refractivity contribution >= 4 is 34.8 Å². The lowest BCUT2D eigenvalue weighted by Gasteiger charge is -2.62. The van der Waals surface area contributed by atoms with Crippen LogP contribution in [-0.4, -0.2) is 57.4 Å². The van der Waals surface area contributed by atoms with Crippen LogP contribution in [0.2, 0.25) is 10.0 Å². The van der Waals surface area contributed by atoms with Crippen molar-refractivity contribution in [3.8, 4) is 0 Å². The van der Waals surface area contributed by atoms with E-state index in [0.717, 1.165) is 0 Å². The van der Waals surface area contributed by atoms with Crippen LogP contribution in [-0.2, 0) is 21.0 Å². The molecule has 2 saturated carbocycles. The molecular weight excluding hydrogens is 551 g/mol. The molecule has 1 aromatic carbocycles.